The molecule has 100 valence electrons. The van der Waals surface area contributed by atoms with Crippen LogP contribution in [0.3, 0.4) is 0 Å². The number of hydrogen-bond acceptors (Lipinski definition) is 4. The van der Waals surface area contributed by atoms with Gasteiger partial charge in [0.25, 0.3) is 0 Å². The third-order valence-corrected chi connectivity index (χ3v) is 4.91. The monoisotopic (exact) mass is 265 g/mol. The molecule has 4 heteroatoms. The molecule has 18 heavy (non-hydrogen) atoms. The molecule has 1 aliphatic carbocycles. The zero-order chi connectivity index (χ0) is 12.6. The van der Waals surface area contributed by atoms with E-state index in [1.807, 2.05) is 6.20 Å². The van der Waals surface area contributed by atoms with Crippen molar-refractivity contribution in [3.63, 3.8) is 0 Å². The summed E-state index contributed by atoms with van der Waals surface area (Å²) in [6, 6.07) is 0.343. The molecule has 1 aromatic heterocycles. The quantitative estimate of drug-likeness (QED) is 0.857. The Morgan fingerprint density at radius 3 is 2.83 bits per heavy atom. The van der Waals surface area contributed by atoms with Crippen molar-refractivity contribution in [1.29, 1.82) is 0 Å². The maximum absolute atomic E-state index is 4.42. The normalized spacial score (nSPS) is 18.7. The van der Waals surface area contributed by atoms with Crippen molar-refractivity contribution >= 4 is 11.8 Å². The summed E-state index contributed by atoms with van der Waals surface area (Å²) < 4.78 is 0. The van der Waals surface area contributed by atoms with E-state index >= 15 is 0 Å². The van der Waals surface area contributed by atoms with Crippen molar-refractivity contribution < 1.29 is 0 Å². The van der Waals surface area contributed by atoms with Crippen molar-refractivity contribution in [3.05, 3.63) is 24.3 Å². The highest BCUT2D eigenvalue weighted by molar-refractivity contribution is 7.99. The molecular formula is C14H23N3S. The molecule has 0 spiro atoms. The van der Waals surface area contributed by atoms with Crippen molar-refractivity contribution in [2.24, 2.45) is 0 Å². The van der Waals surface area contributed by atoms with Crippen LogP contribution in [0.5, 0.6) is 0 Å². The summed E-state index contributed by atoms with van der Waals surface area (Å²) in [6.45, 7) is 3.13. The number of thioether (sulfide) groups is 1. The Morgan fingerprint density at radius 2 is 2.17 bits per heavy atom. The molecule has 0 amide bonds. The summed E-state index contributed by atoms with van der Waals surface area (Å²) in [7, 11) is 0. The average molecular weight is 265 g/mol. The number of aromatic nitrogens is 2. The Morgan fingerprint density at radius 1 is 1.33 bits per heavy atom. The van der Waals surface area contributed by atoms with Gasteiger partial charge in [0.2, 0.25) is 0 Å². The molecule has 0 aromatic carbocycles. The van der Waals surface area contributed by atoms with E-state index in [4.69, 9.17) is 0 Å². The van der Waals surface area contributed by atoms with E-state index in [0.29, 0.717) is 6.04 Å². The Labute approximate surface area is 114 Å². The van der Waals surface area contributed by atoms with Gasteiger partial charge >= 0.3 is 0 Å². The molecule has 1 aromatic rings. The number of nitrogens with one attached hydrogen (secondary N) is 1. The highest BCUT2D eigenvalue weighted by atomic mass is 32.2. The molecule has 1 atom stereocenters. The highest BCUT2D eigenvalue weighted by Gasteiger charge is 2.18. The molecular weight excluding hydrogens is 242 g/mol. The number of rotatable bonds is 6. The lowest BCUT2D eigenvalue weighted by Crippen LogP contribution is -2.25. The van der Waals surface area contributed by atoms with Crippen LogP contribution < -0.4 is 5.32 Å². The van der Waals surface area contributed by atoms with Gasteiger partial charge in [-0.2, -0.15) is 11.8 Å². The molecule has 0 bridgehead atoms. The predicted molar refractivity (Wildman–Crippen MR) is 77.8 cm³/mol. The minimum absolute atomic E-state index is 0.343. The van der Waals surface area contributed by atoms with E-state index in [-0.39, 0.29) is 0 Å². The maximum Gasteiger partial charge on any atom is 0.0764 e. The van der Waals surface area contributed by atoms with Crippen molar-refractivity contribution in [1.82, 2.24) is 15.3 Å². The van der Waals surface area contributed by atoms with E-state index in [0.717, 1.165) is 23.2 Å². The van der Waals surface area contributed by atoms with Crippen molar-refractivity contribution in [3.8, 4) is 0 Å². The molecule has 0 saturated heterocycles. The minimum atomic E-state index is 0.343. The first-order chi connectivity index (χ1) is 8.90. The predicted octanol–water partition coefficient (Wildman–Crippen LogP) is 3.19. The molecule has 1 N–H and O–H groups in total. The number of hydrogen-bond donors (Lipinski definition) is 1. The molecule has 0 aliphatic heterocycles. The first-order valence-electron chi connectivity index (χ1n) is 7.01. The average Bonchev–Trinajstić information content (AvgIpc) is 2.45. The summed E-state index contributed by atoms with van der Waals surface area (Å²) in [5.41, 5.74) is 1.07. The minimum Gasteiger partial charge on any atom is -0.308 e. The van der Waals surface area contributed by atoms with Crippen LogP contribution in [0.2, 0.25) is 0 Å². The third kappa shape index (κ3) is 4.25. The van der Waals surface area contributed by atoms with Gasteiger partial charge in [-0.3, -0.25) is 9.97 Å². The summed E-state index contributed by atoms with van der Waals surface area (Å²) in [5.74, 6) is 1.11. The molecule has 1 aliphatic rings. The summed E-state index contributed by atoms with van der Waals surface area (Å²) in [5, 5.41) is 4.37. The lowest BCUT2D eigenvalue weighted by molar-refractivity contribution is 0.513. The molecule has 1 heterocycles. The van der Waals surface area contributed by atoms with E-state index in [1.54, 1.807) is 12.4 Å². The summed E-state index contributed by atoms with van der Waals surface area (Å²) in [4.78, 5) is 8.59. The SMILES string of the molecule is CCNC(CSC1CCCCC1)c1cnccn1. The van der Waals surface area contributed by atoms with E-state index in [9.17, 15) is 0 Å². The fraction of sp³-hybridized carbons (Fsp3) is 0.714. The van der Waals surface area contributed by atoms with Crippen LogP contribution in [0.25, 0.3) is 0 Å². The van der Waals surface area contributed by atoms with Crippen molar-refractivity contribution in [2.45, 2.75) is 50.3 Å². The Balaban J connectivity index is 1.86. The molecule has 1 unspecified atom stereocenters. The second-order valence-corrected chi connectivity index (χ2v) is 6.17. The maximum atomic E-state index is 4.42. The second-order valence-electron chi connectivity index (χ2n) is 4.83. The van der Waals surface area contributed by atoms with Gasteiger partial charge in [-0.15, -0.1) is 0 Å². The van der Waals surface area contributed by atoms with Gasteiger partial charge in [0.15, 0.2) is 0 Å². The van der Waals surface area contributed by atoms with Crippen LogP contribution in [-0.2, 0) is 0 Å². The Bertz CT molecular complexity index is 325. The second kappa shape index (κ2) is 7.74. The molecule has 1 saturated carbocycles. The largest absolute Gasteiger partial charge is 0.308 e. The van der Waals surface area contributed by atoms with Crippen LogP contribution in [0.15, 0.2) is 18.6 Å². The van der Waals surface area contributed by atoms with Gasteiger partial charge in [-0.25, -0.2) is 0 Å². The van der Waals surface area contributed by atoms with E-state index < -0.39 is 0 Å². The van der Waals surface area contributed by atoms with Crippen molar-refractivity contribution in [2.75, 3.05) is 12.3 Å². The highest BCUT2D eigenvalue weighted by Crippen LogP contribution is 2.30. The van der Waals surface area contributed by atoms with Crippen LogP contribution in [-0.4, -0.2) is 27.5 Å². The Kier molecular flexibility index (Phi) is 5.94. The van der Waals surface area contributed by atoms with Gasteiger partial charge < -0.3 is 5.32 Å². The molecule has 3 nitrogen and oxygen atoms in total. The zero-order valence-corrected chi connectivity index (χ0v) is 12.0. The lowest BCUT2D eigenvalue weighted by atomic mass is 10.0. The molecule has 2 rings (SSSR count). The van der Waals surface area contributed by atoms with Gasteiger partial charge in [0.1, 0.15) is 0 Å². The number of nitrogens with zero attached hydrogens (tertiary/aromatic N) is 2. The Hall–Kier alpha value is -0.610. The lowest BCUT2D eigenvalue weighted by Gasteiger charge is -2.24. The van der Waals surface area contributed by atoms with Crippen LogP contribution >= 0.6 is 11.8 Å². The smallest absolute Gasteiger partial charge is 0.0764 e. The fourth-order valence-corrected chi connectivity index (χ4v) is 3.87. The van der Waals surface area contributed by atoms with E-state index in [1.165, 1.54) is 32.1 Å². The molecule has 0 radical (unpaired) electrons. The van der Waals surface area contributed by atoms with Gasteiger partial charge in [0.05, 0.1) is 11.7 Å². The first kappa shape index (κ1) is 13.8. The standard InChI is InChI=1S/C14H23N3S/c1-2-16-14(13-10-15-8-9-17-13)11-18-12-6-4-3-5-7-12/h8-10,12,14,16H,2-7,11H2,1H3. The topological polar surface area (TPSA) is 37.8 Å². The summed E-state index contributed by atoms with van der Waals surface area (Å²) in [6.07, 6.45) is 12.4. The van der Waals surface area contributed by atoms with Crippen LogP contribution in [0, 0.1) is 0 Å². The van der Waals surface area contributed by atoms with Gasteiger partial charge in [-0.1, -0.05) is 26.2 Å². The van der Waals surface area contributed by atoms with Crippen LogP contribution in [0.4, 0.5) is 0 Å². The van der Waals surface area contributed by atoms with Crippen LogP contribution in [0.1, 0.15) is 50.8 Å². The summed E-state index contributed by atoms with van der Waals surface area (Å²) >= 11 is 2.11. The molecule has 1 fully saturated rings. The first-order valence-corrected chi connectivity index (χ1v) is 8.06. The van der Waals surface area contributed by atoms with Gasteiger partial charge in [-0.05, 0) is 19.4 Å². The van der Waals surface area contributed by atoms with E-state index in [2.05, 4.69) is 34.0 Å². The third-order valence-electron chi connectivity index (χ3n) is 3.44. The fourth-order valence-electron chi connectivity index (χ4n) is 2.45. The zero-order valence-electron chi connectivity index (χ0n) is 11.1. The van der Waals surface area contributed by atoms with Gasteiger partial charge in [0, 0.05) is 29.6 Å².